The van der Waals surface area contributed by atoms with Gasteiger partial charge in [-0.05, 0) is 19.9 Å². The second-order valence-corrected chi connectivity index (χ2v) is 6.39. The number of carbonyl (C=O) groups is 1. The molecule has 0 bridgehead atoms. The van der Waals surface area contributed by atoms with Gasteiger partial charge in [-0.3, -0.25) is 9.79 Å². The van der Waals surface area contributed by atoms with E-state index in [0.717, 1.165) is 38.1 Å². The zero-order valence-electron chi connectivity index (χ0n) is 14.9. The van der Waals surface area contributed by atoms with Gasteiger partial charge < -0.3 is 20.4 Å². The van der Waals surface area contributed by atoms with Crippen LogP contribution in [0, 0.1) is 5.41 Å². The molecule has 1 amide bonds. The summed E-state index contributed by atoms with van der Waals surface area (Å²) in [5.41, 5.74) is -0.496. The van der Waals surface area contributed by atoms with E-state index in [0.29, 0.717) is 6.54 Å². The van der Waals surface area contributed by atoms with Crippen LogP contribution in [-0.4, -0.2) is 73.6 Å². The summed E-state index contributed by atoms with van der Waals surface area (Å²) in [5.74, 6) is 1.60. The Kier molecular flexibility index (Phi) is 5.94. The summed E-state index contributed by atoms with van der Waals surface area (Å²) in [6.07, 6.45) is 3.52. The first-order valence-corrected chi connectivity index (χ1v) is 8.17. The van der Waals surface area contributed by atoms with Crippen LogP contribution in [0.15, 0.2) is 23.5 Å². The molecule has 2 rings (SSSR count). The zero-order valence-corrected chi connectivity index (χ0v) is 14.9. The minimum Gasteiger partial charge on any atom is -0.359 e. The van der Waals surface area contributed by atoms with Gasteiger partial charge in [0.1, 0.15) is 0 Å². The van der Waals surface area contributed by atoms with Gasteiger partial charge in [0.2, 0.25) is 11.9 Å². The molecule has 0 spiro atoms. The summed E-state index contributed by atoms with van der Waals surface area (Å²) in [4.78, 5) is 29.2. The predicted molar refractivity (Wildman–Crippen MR) is 95.0 cm³/mol. The highest BCUT2D eigenvalue weighted by Gasteiger charge is 2.28. The summed E-state index contributed by atoms with van der Waals surface area (Å²) < 4.78 is 0. The van der Waals surface area contributed by atoms with E-state index >= 15 is 0 Å². The van der Waals surface area contributed by atoms with Crippen molar-refractivity contribution in [3.8, 4) is 0 Å². The number of hydrogen-bond donors (Lipinski definition) is 2. The summed E-state index contributed by atoms with van der Waals surface area (Å²) in [6.45, 7) is 7.69. The van der Waals surface area contributed by atoms with Crippen molar-refractivity contribution in [1.82, 2.24) is 25.5 Å². The number of carbonyl (C=O) groups excluding carboxylic acids is 1. The lowest BCUT2D eigenvalue weighted by Gasteiger charge is -2.37. The monoisotopic (exact) mass is 333 g/mol. The molecule has 1 aliphatic rings. The predicted octanol–water partition coefficient (Wildman–Crippen LogP) is -0.0538. The lowest BCUT2D eigenvalue weighted by atomic mass is 9.92. The third-order valence-electron chi connectivity index (χ3n) is 4.16. The molecule has 132 valence electrons. The Morgan fingerprint density at radius 2 is 1.88 bits per heavy atom. The molecule has 2 heterocycles. The van der Waals surface area contributed by atoms with Gasteiger partial charge in [-0.25, -0.2) is 9.97 Å². The fourth-order valence-corrected chi connectivity index (χ4v) is 2.62. The Bertz CT molecular complexity index is 565. The van der Waals surface area contributed by atoms with Crippen LogP contribution in [-0.2, 0) is 4.79 Å². The number of piperazine rings is 1. The quantitative estimate of drug-likeness (QED) is 0.593. The minimum atomic E-state index is -0.496. The molecule has 1 aromatic rings. The molecular formula is C16H27N7O. The van der Waals surface area contributed by atoms with E-state index in [1.807, 2.05) is 19.9 Å². The van der Waals surface area contributed by atoms with Crippen LogP contribution in [0.3, 0.4) is 0 Å². The van der Waals surface area contributed by atoms with Crippen LogP contribution in [0.2, 0.25) is 0 Å². The lowest BCUT2D eigenvalue weighted by molar-refractivity contribution is -0.128. The molecule has 2 N–H and O–H groups in total. The molecule has 1 fully saturated rings. The van der Waals surface area contributed by atoms with Crippen molar-refractivity contribution < 1.29 is 4.79 Å². The van der Waals surface area contributed by atoms with Crippen molar-refractivity contribution in [2.24, 2.45) is 10.4 Å². The molecule has 1 aromatic heterocycles. The molecule has 1 aliphatic heterocycles. The molecule has 0 aromatic carbocycles. The van der Waals surface area contributed by atoms with Gasteiger partial charge >= 0.3 is 0 Å². The number of aliphatic imine (C=N–C) groups is 1. The Labute approximate surface area is 143 Å². The highest BCUT2D eigenvalue weighted by molar-refractivity contribution is 5.84. The molecular weight excluding hydrogens is 306 g/mol. The SMILES string of the molecule is CN=C(NCC(C)(C)C(=O)NC)N1CCN(c2ncccn2)CC1. The van der Waals surface area contributed by atoms with Crippen LogP contribution in [0.4, 0.5) is 5.95 Å². The molecule has 0 radical (unpaired) electrons. The fraction of sp³-hybridized carbons (Fsp3) is 0.625. The fourth-order valence-electron chi connectivity index (χ4n) is 2.62. The summed E-state index contributed by atoms with van der Waals surface area (Å²) in [7, 11) is 3.42. The van der Waals surface area contributed by atoms with E-state index in [9.17, 15) is 4.79 Å². The summed E-state index contributed by atoms with van der Waals surface area (Å²) >= 11 is 0. The third kappa shape index (κ3) is 4.33. The van der Waals surface area contributed by atoms with E-state index < -0.39 is 5.41 Å². The molecule has 0 saturated carbocycles. The Morgan fingerprint density at radius 1 is 1.25 bits per heavy atom. The van der Waals surface area contributed by atoms with Crippen molar-refractivity contribution in [3.05, 3.63) is 18.5 Å². The van der Waals surface area contributed by atoms with Gasteiger partial charge in [0.15, 0.2) is 5.96 Å². The average Bonchev–Trinajstić information content (AvgIpc) is 2.62. The second-order valence-electron chi connectivity index (χ2n) is 6.39. The number of nitrogens with zero attached hydrogens (tertiary/aromatic N) is 5. The number of nitrogens with one attached hydrogen (secondary N) is 2. The first-order valence-electron chi connectivity index (χ1n) is 8.17. The molecule has 8 nitrogen and oxygen atoms in total. The number of amides is 1. The van der Waals surface area contributed by atoms with Crippen molar-refractivity contribution in [3.63, 3.8) is 0 Å². The van der Waals surface area contributed by atoms with E-state index in [1.54, 1.807) is 26.5 Å². The van der Waals surface area contributed by atoms with Gasteiger partial charge in [0, 0.05) is 59.2 Å². The topological polar surface area (TPSA) is 85.8 Å². The lowest BCUT2D eigenvalue weighted by Crippen LogP contribution is -2.54. The van der Waals surface area contributed by atoms with Gasteiger partial charge in [0.25, 0.3) is 0 Å². The highest BCUT2D eigenvalue weighted by atomic mass is 16.2. The summed E-state index contributed by atoms with van der Waals surface area (Å²) in [6, 6.07) is 1.82. The number of aromatic nitrogens is 2. The van der Waals surface area contributed by atoms with Gasteiger partial charge in [-0.1, -0.05) is 0 Å². The van der Waals surface area contributed by atoms with E-state index in [4.69, 9.17) is 0 Å². The van der Waals surface area contributed by atoms with Crippen molar-refractivity contribution in [2.75, 3.05) is 51.7 Å². The van der Waals surface area contributed by atoms with E-state index in [1.165, 1.54) is 0 Å². The van der Waals surface area contributed by atoms with Gasteiger partial charge in [-0.2, -0.15) is 0 Å². The molecule has 0 aliphatic carbocycles. The smallest absolute Gasteiger partial charge is 0.227 e. The van der Waals surface area contributed by atoms with Crippen LogP contribution < -0.4 is 15.5 Å². The molecule has 8 heteroatoms. The Hall–Kier alpha value is -2.38. The maximum absolute atomic E-state index is 11.9. The number of guanidine groups is 1. The van der Waals surface area contributed by atoms with Gasteiger partial charge in [0.05, 0.1) is 5.41 Å². The standard InChI is InChI=1S/C16H27N7O/c1-16(2,13(24)17-3)12-21-14(18-4)22-8-10-23(11-9-22)15-19-6-5-7-20-15/h5-7H,8-12H2,1-4H3,(H,17,24)(H,18,21). The first-order chi connectivity index (χ1) is 11.5. The van der Waals surface area contributed by atoms with Crippen molar-refractivity contribution >= 4 is 17.8 Å². The summed E-state index contributed by atoms with van der Waals surface area (Å²) in [5, 5.41) is 6.01. The van der Waals surface area contributed by atoms with E-state index in [-0.39, 0.29) is 5.91 Å². The van der Waals surface area contributed by atoms with Gasteiger partial charge in [-0.15, -0.1) is 0 Å². The van der Waals surface area contributed by atoms with Crippen LogP contribution >= 0.6 is 0 Å². The molecule has 24 heavy (non-hydrogen) atoms. The molecule has 1 saturated heterocycles. The van der Waals surface area contributed by atoms with Crippen LogP contribution in [0.25, 0.3) is 0 Å². The minimum absolute atomic E-state index is 0.0106. The molecule has 0 unspecified atom stereocenters. The third-order valence-corrected chi connectivity index (χ3v) is 4.16. The largest absolute Gasteiger partial charge is 0.359 e. The van der Waals surface area contributed by atoms with Crippen molar-refractivity contribution in [1.29, 1.82) is 0 Å². The normalized spacial score (nSPS) is 16.1. The van der Waals surface area contributed by atoms with Crippen molar-refractivity contribution in [2.45, 2.75) is 13.8 Å². The first kappa shape index (κ1) is 18.0. The van der Waals surface area contributed by atoms with Crippen LogP contribution in [0.1, 0.15) is 13.8 Å². The maximum Gasteiger partial charge on any atom is 0.227 e. The average molecular weight is 333 g/mol. The van der Waals surface area contributed by atoms with E-state index in [2.05, 4.69) is 35.4 Å². The zero-order chi connectivity index (χ0) is 17.6. The highest BCUT2D eigenvalue weighted by Crippen LogP contribution is 2.14. The Morgan fingerprint density at radius 3 is 2.42 bits per heavy atom. The Balaban J connectivity index is 1.88. The van der Waals surface area contributed by atoms with Crippen LogP contribution in [0.5, 0.6) is 0 Å². The second kappa shape index (κ2) is 7.94. The number of hydrogen-bond acceptors (Lipinski definition) is 5. The number of rotatable bonds is 4. The number of anilines is 1. The maximum atomic E-state index is 11.9. The molecule has 0 atom stereocenters.